The number of nitrogens with zero attached hydrogens (tertiary/aromatic N) is 1. The summed E-state index contributed by atoms with van der Waals surface area (Å²) in [6.07, 6.45) is 4.83. The molecule has 0 aromatic carbocycles. The number of ether oxygens (including phenoxy) is 1. The van der Waals surface area contributed by atoms with Crippen molar-refractivity contribution in [2.75, 3.05) is 13.1 Å². The molecule has 0 spiro atoms. The van der Waals surface area contributed by atoms with Crippen molar-refractivity contribution in [1.29, 1.82) is 0 Å². The van der Waals surface area contributed by atoms with Gasteiger partial charge in [0.25, 0.3) is 0 Å². The Morgan fingerprint density at radius 2 is 1.93 bits per heavy atom. The first-order valence-corrected chi connectivity index (χ1v) is 6.08. The van der Waals surface area contributed by atoms with E-state index in [0.717, 1.165) is 25.9 Å². The van der Waals surface area contributed by atoms with Gasteiger partial charge in [-0.05, 0) is 25.2 Å². The van der Waals surface area contributed by atoms with Gasteiger partial charge in [-0.15, -0.1) is 0 Å². The summed E-state index contributed by atoms with van der Waals surface area (Å²) in [6.45, 7) is 5.84. The first kappa shape index (κ1) is 10.9. The highest BCUT2D eigenvalue weighted by atomic mass is 16.5. The molecule has 2 bridgehead atoms. The third-order valence-electron chi connectivity index (χ3n) is 3.22. The molecule has 2 rings (SSSR count). The molecule has 2 aliphatic heterocycles. The quantitative estimate of drug-likeness (QED) is 0.697. The number of amides is 1. The van der Waals surface area contributed by atoms with Crippen molar-refractivity contribution < 1.29 is 9.53 Å². The minimum Gasteiger partial charge on any atom is -0.371 e. The summed E-state index contributed by atoms with van der Waals surface area (Å²) in [7, 11) is 0. The van der Waals surface area contributed by atoms with Crippen LogP contribution in [0.3, 0.4) is 0 Å². The van der Waals surface area contributed by atoms with Crippen molar-refractivity contribution in [2.24, 2.45) is 5.92 Å². The molecule has 2 fully saturated rings. The molecule has 2 atom stereocenters. The summed E-state index contributed by atoms with van der Waals surface area (Å²) < 4.78 is 5.81. The van der Waals surface area contributed by atoms with Crippen LogP contribution in [0.1, 0.15) is 39.5 Å². The van der Waals surface area contributed by atoms with E-state index < -0.39 is 0 Å². The van der Waals surface area contributed by atoms with Crippen molar-refractivity contribution in [3.8, 4) is 0 Å². The molecule has 2 aliphatic rings. The molecule has 2 unspecified atom stereocenters. The van der Waals surface area contributed by atoms with Crippen molar-refractivity contribution in [1.82, 2.24) is 4.90 Å². The molecule has 15 heavy (non-hydrogen) atoms. The zero-order valence-corrected chi connectivity index (χ0v) is 9.74. The van der Waals surface area contributed by atoms with Crippen LogP contribution in [-0.4, -0.2) is 36.1 Å². The van der Waals surface area contributed by atoms with E-state index in [0.29, 0.717) is 30.5 Å². The fourth-order valence-corrected chi connectivity index (χ4v) is 2.50. The molecule has 0 aromatic heterocycles. The number of likely N-dealkylation sites (tertiary alicyclic amines) is 1. The Morgan fingerprint density at radius 3 is 2.47 bits per heavy atom. The lowest BCUT2D eigenvalue weighted by Crippen LogP contribution is -2.52. The predicted molar refractivity (Wildman–Crippen MR) is 58.5 cm³/mol. The Hall–Kier alpha value is -0.570. The Balaban J connectivity index is 1.90. The van der Waals surface area contributed by atoms with Gasteiger partial charge in [0.1, 0.15) is 0 Å². The van der Waals surface area contributed by atoms with Crippen molar-refractivity contribution in [2.45, 2.75) is 51.7 Å². The van der Waals surface area contributed by atoms with Crippen molar-refractivity contribution >= 4 is 5.91 Å². The van der Waals surface area contributed by atoms with Gasteiger partial charge in [-0.1, -0.05) is 13.8 Å². The summed E-state index contributed by atoms with van der Waals surface area (Å²) in [5.41, 5.74) is 0. The van der Waals surface area contributed by atoms with Crippen LogP contribution in [0.2, 0.25) is 0 Å². The average Bonchev–Trinajstić information content (AvgIpc) is 2.16. The van der Waals surface area contributed by atoms with Crippen molar-refractivity contribution in [3.63, 3.8) is 0 Å². The zero-order valence-electron chi connectivity index (χ0n) is 9.74. The van der Waals surface area contributed by atoms with Crippen LogP contribution in [0, 0.1) is 5.92 Å². The van der Waals surface area contributed by atoms with Gasteiger partial charge in [0, 0.05) is 19.5 Å². The monoisotopic (exact) mass is 211 g/mol. The molecule has 3 nitrogen and oxygen atoms in total. The van der Waals surface area contributed by atoms with E-state index in [4.69, 9.17) is 4.74 Å². The number of carbonyl (C=O) groups excluding carboxylic acids is 1. The van der Waals surface area contributed by atoms with Crippen LogP contribution in [0.4, 0.5) is 0 Å². The zero-order chi connectivity index (χ0) is 10.8. The van der Waals surface area contributed by atoms with Gasteiger partial charge in [-0.2, -0.15) is 0 Å². The molecule has 0 saturated carbocycles. The second kappa shape index (κ2) is 4.52. The first-order chi connectivity index (χ1) is 7.15. The van der Waals surface area contributed by atoms with Crippen LogP contribution in [0.15, 0.2) is 0 Å². The van der Waals surface area contributed by atoms with Gasteiger partial charge in [-0.3, -0.25) is 4.79 Å². The van der Waals surface area contributed by atoms with Crippen LogP contribution in [-0.2, 0) is 9.53 Å². The molecular formula is C12H21NO2. The lowest BCUT2D eigenvalue weighted by atomic mass is 9.99. The molecule has 3 heteroatoms. The molecular weight excluding hydrogens is 190 g/mol. The second-order valence-electron chi connectivity index (χ2n) is 5.21. The number of rotatable bonds is 2. The maximum atomic E-state index is 11.9. The van der Waals surface area contributed by atoms with Gasteiger partial charge in [0.05, 0.1) is 12.2 Å². The van der Waals surface area contributed by atoms with Gasteiger partial charge in [0.15, 0.2) is 0 Å². The normalized spacial score (nSPS) is 30.7. The van der Waals surface area contributed by atoms with E-state index in [2.05, 4.69) is 13.8 Å². The Bertz CT molecular complexity index is 228. The second-order valence-corrected chi connectivity index (χ2v) is 5.21. The lowest BCUT2D eigenvalue weighted by Gasteiger charge is -2.41. The number of fused-ring (bicyclic) bond motifs is 2. The Labute approximate surface area is 91.8 Å². The summed E-state index contributed by atoms with van der Waals surface area (Å²) in [5, 5.41) is 0. The van der Waals surface area contributed by atoms with Crippen LogP contribution in [0.25, 0.3) is 0 Å². The predicted octanol–water partition coefficient (Wildman–Crippen LogP) is 1.81. The van der Waals surface area contributed by atoms with E-state index in [1.165, 1.54) is 6.42 Å². The van der Waals surface area contributed by atoms with E-state index in [1.54, 1.807) is 0 Å². The molecule has 2 saturated heterocycles. The number of hydrogen-bond acceptors (Lipinski definition) is 2. The summed E-state index contributed by atoms with van der Waals surface area (Å²) in [6, 6.07) is 0. The standard InChI is InChI=1S/C12H21NO2/c1-9(2)6-12(14)13-7-10-4-3-5-11(8-13)15-10/h9-11H,3-8H2,1-2H3. The highest BCUT2D eigenvalue weighted by molar-refractivity contribution is 5.76. The maximum absolute atomic E-state index is 11.9. The van der Waals surface area contributed by atoms with Gasteiger partial charge < -0.3 is 9.64 Å². The van der Waals surface area contributed by atoms with Crippen molar-refractivity contribution in [3.05, 3.63) is 0 Å². The SMILES string of the molecule is CC(C)CC(=O)N1CC2CCCC(C1)O2. The third-order valence-corrected chi connectivity index (χ3v) is 3.22. The smallest absolute Gasteiger partial charge is 0.223 e. The van der Waals surface area contributed by atoms with Crippen LogP contribution >= 0.6 is 0 Å². The summed E-state index contributed by atoms with van der Waals surface area (Å²) in [4.78, 5) is 13.9. The van der Waals surface area contributed by atoms with Gasteiger partial charge in [0.2, 0.25) is 5.91 Å². The number of morpholine rings is 1. The largest absolute Gasteiger partial charge is 0.371 e. The fraction of sp³-hybridized carbons (Fsp3) is 0.917. The lowest BCUT2D eigenvalue weighted by molar-refractivity contribution is -0.152. The molecule has 0 N–H and O–H groups in total. The van der Waals surface area contributed by atoms with E-state index in [1.807, 2.05) is 4.90 Å². The number of hydrogen-bond donors (Lipinski definition) is 0. The minimum absolute atomic E-state index is 0.310. The topological polar surface area (TPSA) is 29.5 Å². The van der Waals surface area contributed by atoms with E-state index >= 15 is 0 Å². The average molecular weight is 211 g/mol. The van der Waals surface area contributed by atoms with E-state index in [-0.39, 0.29) is 0 Å². The molecule has 0 aliphatic carbocycles. The third kappa shape index (κ3) is 2.71. The fourth-order valence-electron chi connectivity index (χ4n) is 2.50. The Kier molecular flexibility index (Phi) is 3.29. The highest BCUT2D eigenvalue weighted by Gasteiger charge is 2.33. The van der Waals surface area contributed by atoms with Gasteiger partial charge >= 0.3 is 0 Å². The maximum Gasteiger partial charge on any atom is 0.223 e. The van der Waals surface area contributed by atoms with E-state index in [9.17, 15) is 4.79 Å². The molecule has 86 valence electrons. The molecule has 2 heterocycles. The minimum atomic E-state index is 0.310. The molecule has 0 radical (unpaired) electrons. The number of carbonyl (C=O) groups is 1. The van der Waals surface area contributed by atoms with Gasteiger partial charge in [-0.25, -0.2) is 0 Å². The Morgan fingerprint density at radius 1 is 1.33 bits per heavy atom. The van der Waals surface area contributed by atoms with Crippen LogP contribution in [0.5, 0.6) is 0 Å². The summed E-state index contributed by atoms with van der Waals surface area (Å²) >= 11 is 0. The van der Waals surface area contributed by atoms with Crippen LogP contribution < -0.4 is 0 Å². The molecule has 1 amide bonds. The summed E-state index contributed by atoms with van der Waals surface area (Å²) in [5.74, 6) is 0.769. The first-order valence-electron chi connectivity index (χ1n) is 6.08. The molecule has 0 aromatic rings. The highest BCUT2D eigenvalue weighted by Crippen LogP contribution is 2.25.